The molecule has 0 aromatic carbocycles. The monoisotopic (exact) mass is 272 g/mol. The lowest BCUT2D eigenvalue weighted by molar-refractivity contribution is -0.113. The fourth-order valence-corrected chi connectivity index (χ4v) is 1.85. The highest BCUT2D eigenvalue weighted by molar-refractivity contribution is 14.1. The summed E-state index contributed by atoms with van der Waals surface area (Å²) in [5, 5.41) is 0. The molecule has 0 N–H and O–H groups in total. The van der Waals surface area contributed by atoms with Crippen molar-refractivity contribution in [3.63, 3.8) is 0 Å². The van der Waals surface area contributed by atoms with Crippen molar-refractivity contribution in [2.75, 3.05) is 0 Å². The van der Waals surface area contributed by atoms with E-state index in [1.807, 2.05) is 12.2 Å². The van der Waals surface area contributed by atoms with Gasteiger partial charge >= 0.3 is 0 Å². The first-order valence-electron chi connectivity index (χ1n) is 3.46. The summed E-state index contributed by atoms with van der Waals surface area (Å²) in [6.45, 7) is 0. The minimum Gasteiger partial charge on any atom is -0.267 e. The minimum absolute atomic E-state index is 0.189. The summed E-state index contributed by atoms with van der Waals surface area (Å²) in [5.74, 6) is -0.189. The fourth-order valence-electron chi connectivity index (χ4n) is 1.11. The largest absolute Gasteiger partial charge is 0.280 e. The van der Waals surface area contributed by atoms with Crippen molar-refractivity contribution in [3.05, 3.63) is 23.8 Å². The van der Waals surface area contributed by atoms with Gasteiger partial charge in [-0.2, -0.15) is 4.99 Å². The Bertz CT molecular complexity index is 352. The van der Waals surface area contributed by atoms with Gasteiger partial charge in [-0.05, 0) is 6.08 Å². The lowest BCUT2D eigenvalue weighted by atomic mass is 10.0. The molecule has 1 heterocycles. The Balaban J connectivity index is 2.50. The molecule has 1 aliphatic carbocycles. The molecule has 60 valence electrons. The molecule has 3 nitrogen and oxygen atoms in total. The van der Waals surface area contributed by atoms with E-state index in [0.717, 1.165) is 5.71 Å². The van der Waals surface area contributed by atoms with Crippen molar-refractivity contribution in [3.8, 4) is 0 Å². The summed E-state index contributed by atoms with van der Waals surface area (Å²) < 4.78 is 0.193. The molecule has 1 aliphatic heterocycles. The Morgan fingerprint density at radius 3 is 3.08 bits per heavy atom. The van der Waals surface area contributed by atoms with Crippen LogP contribution in [0.1, 0.15) is 0 Å². The molecule has 12 heavy (non-hydrogen) atoms. The lowest BCUT2D eigenvalue weighted by Crippen LogP contribution is -2.24. The molecule has 1 atom stereocenters. The van der Waals surface area contributed by atoms with Crippen LogP contribution in [0.2, 0.25) is 0 Å². The fraction of sp³-hybridized carbons (Fsp3) is 0.125. The van der Waals surface area contributed by atoms with E-state index in [-0.39, 0.29) is 9.83 Å². The number of hydrogen-bond acceptors (Lipinski definition) is 2. The van der Waals surface area contributed by atoms with Crippen LogP contribution in [0.15, 0.2) is 33.8 Å². The molecule has 0 radical (unpaired) electrons. The molecule has 0 spiro atoms. The van der Waals surface area contributed by atoms with Gasteiger partial charge in [0.2, 0.25) is 0 Å². The Kier molecular flexibility index (Phi) is 1.92. The average molecular weight is 272 g/mol. The predicted octanol–water partition coefficient (Wildman–Crippen LogP) is 1.30. The standard InChI is InChI=1S/C8H5IN2O/c9-6-3-1-2-5-7(6)10-4-11-8(5)12/h1-4,6H. The van der Waals surface area contributed by atoms with Crippen LogP contribution in [0.25, 0.3) is 0 Å². The van der Waals surface area contributed by atoms with Crippen LogP contribution in [-0.4, -0.2) is 21.9 Å². The van der Waals surface area contributed by atoms with E-state index >= 15 is 0 Å². The number of nitrogens with zero attached hydrogens (tertiary/aromatic N) is 2. The van der Waals surface area contributed by atoms with E-state index in [0.29, 0.717) is 5.57 Å². The molecule has 1 unspecified atom stereocenters. The van der Waals surface area contributed by atoms with E-state index in [1.165, 1.54) is 6.34 Å². The van der Waals surface area contributed by atoms with E-state index in [4.69, 9.17) is 0 Å². The maximum atomic E-state index is 11.2. The van der Waals surface area contributed by atoms with Gasteiger partial charge < -0.3 is 0 Å². The molecule has 0 saturated carbocycles. The molecule has 0 saturated heterocycles. The average Bonchev–Trinajstić information content (AvgIpc) is 2.07. The normalized spacial score (nSPS) is 26.4. The van der Waals surface area contributed by atoms with Gasteiger partial charge in [-0.3, -0.25) is 4.79 Å². The highest BCUT2D eigenvalue weighted by Gasteiger charge is 2.24. The van der Waals surface area contributed by atoms with Gasteiger partial charge in [0.25, 0.3) is 5.91 Å². The number of carbonyl (C=O) groups is 1. The number of halogens is 1. The van der Waals surface area contributed by atoms with Gasteiger partial charge in [-0.1, -0.05) is 34.7 Å². The first kappa shape index (κ1) is 7.85. The van der Waals surface area contributed by atoms with Gasteiger partial charge in [0.15, 0.2) is 0 Å². The van der Waals surface area contributed by atoms with Crippen molar-refractivity contribution < 1.29 is 4.79 Å². The van der Waals surface area contributed by atoms with Crippen LogP contribution in [0.5, 0.6) is 0 Å². The third kappa shape index (κ3) is 1.16. The second kappa shape index (κ2) is 2.93. The molecular formula is C8H5IN2O. The molecule has 0 aromatic rings. The predicted molar refractivity (Wildman–Crippen MR) is 56.0 cm³/mol. The molecule has 0 bridgehead atoms. The van der Waals surface area contributed by atoms with Crippen LogP contribution in [0.3, 0.4) is 0 Å². The second-order valence-electron chi connectivity index (χ2n) is 2.43. The first-order valence-corrected chi connectivity index (χ1v) is 4.71. The Hall–Kier alpha value is -0.780. The topological polar surface area (TPSA) is 41.8 Å². The number of fused-ring (bicyclic) bond motifs is 1. The van der Waals surface area contributed by atoms with E-state index in [9.17, 15) is 4.79 Å². The molecule has 2 aliphatic rings. The third-order valence-corrected chi connectivity index (χ3v) is 2.69. The van der Waals surface area contributed by atoms with Crippen LogP contribution in [0.4, 0.5) is 0 Å². The Labute approximate surface area is 83.1 Å². The van der Waals surface area contributed by atoms with Gasteiger partial charge in [0.1, 0.15) is 6.34 Å². The SMILES string of the molecule is O=C1N=CN=C2C1=CC=CC2I. The number of hydrogen-bond donors (Lipinski definition) is 0. The zero-order valence-corrected chi connectivity index (χ0v) is 8.22. The highest BCUT2D eigenvalue weighted by atomic mass is 127. The van der Waals surface area contributed by atoms with Gasteiger partial charge in [-0.25, -0.2) is 4.99 Å². The zero-order valence-electron chi connectivity index (χ0n) is 6.07. The summed E-state index contributed by atoms with van der Waals surface area (Å²) in [7, 11) is 0. The molecule has 1 amide bonds. The molecule has 0 fully saturated rings. The van der Waals surface area contributed by atoms with Gasteiger partial charge in [0, 0.05) is 0 Å². The van der Waals surface area contributed by atoms with Crippen molar-refractivity contribution in [1.82, 2.24) is 0 Å². The summed E-state index contributed by atoms with van der Waals surface area (Å²) in [5.41, 5.74) is 1.44. The smallest absolute Gasteiger partial charge is 0.267 e. The lowest BCUT2D eigenvalue weighted by Gasteiger charge is -2.15. The van der Waals surface area contributed by atoms with Crippen LogP contribution >= 0.6 is 22.6 Å². The number of aliphatic imine (C=N–C) groups is 2. The van der Waals surface area contributed by atoms with Crippen molar-refractivity contribution in [2.24, 2.45) is 9.98 Å². The first-order chi connectivity index (χ1) is 5.79. The molecular weight excluding hydrogens is 267 g/mol. The summed E-state index contributed by atoms with van der Waals surface area (Å²) >= 11 is 2.23. The number of allylic oxidation sites excluding steroid dienone is 3. The van der Waals surface area contributed by atoms with E-state index in [2.05, 4.69) is 32.6 Å². The Morgan fingerprint density at radius 2 is 2.33 bits per heavy atom. The van der Waals surface area contributed by atoms with Crippen molar-refractivity contribution in [1.29, 1.82) is 0 Å². The number of rotatable bonds is 0. The summed E-state index contributed by atoms with van der Waals surface area (Å²) in [4.78, 5) is 18.8. The second-order valence-corrected chi connectivity index (χ2v) is 3.77. The van der Waals surface area contributed by atoms with E-state index in [1.54, 1.807) is 6.08 Å². The summed E-state index contributed by atoms with van der Waals surface area (Å²) in [6.07, 6.45) is 6.94. The number of alkyl halides is 1. The maximum absolute atomic E-state index is 11.2. The van der Waals surface area contributed by atoms with E-state index < -0.39 is 0 Å². The quantitative estimate of drug-likeness (QED) is 0.484. The Morgan fingerprint density at radius 1 is 1.50 bits per heavy atom. The van der Waals surface area contributed by atoms with Crippen molar-refractivity contribution in [2.45, 2.75) is 3.92 Å². The summed E-state index contributed by atoms with van der Waals surface area (Å²) in [6, 6.07) is 0. The minimum atomic E-state index is -0.189. The highest BCUT2D eigenvalue weighted by Crippen LogP contribution is 2.19. The molecule has 0 aromatic heterocycles. The number of carbonyl (C=O) groups excluding carboxylic acids is 1. The maximum Gasteiger partial charge on any atom is 0.280 e. The molecule has 2 rings (SSSR count). The van der Waals surface area contributed by atoms with Crippen LogP contribution < -0.4 is 0 Å². The van der Waals surface area contributed by atoms with Crippen LogP contribution in [-0.2, 0) is 4.79 Å². The van der Waals surface area contributed by atoms with Gasteiger partial charge in [0.05, 0.1) is 15.2 Å². The van der Waals surface area contributed by atoms with Crippen LogP contribution in [0, 0.1) is 0 Å². The molecule has 4 heteroatoms. The van der Waals surface area contributed by atoms with Gasteiger partial charge in [-0.15, -0.1) is 0 Å². The third-order valence-electron chi connectivity index (χ3n) is 1.68. The number of amides is 1. The van der Waals surface area contributed by atoms with Crippen molar-refractivity contribution >= 4 is 40.5 Å². The zero-order chi connectivity index (χ0) is 8.55.